The van der Waals surface area contributed by atoms with Crippen molar-refractivity contribution in [1.29, 1.82) is 5.41 Å². The molecule has 0 aliphatic rings. The molecule has 1 aromatic carbocycles. The van der Waals surface area contributed by atoms with Crippen LogP contribution in [0.15, 0.2) is 24.3 Å². The van der Waals surface area contributed by atoms with Gasteiger partial charge in [-0.2, -0.15) is 8.78 Å². The fraction of sp³-hybridized carbons (Fsp3) is 0.125. The van der Waals surface area contributed by atoms with E-state index >= 15 is 0 Å². The summed E-state index contributed by atoms with van der Waals surface area (Å²) in [6, 6.07) is 5.41. The van der Waals surface area contributed by atoms with E-state index in [1.54, 1.807) is 0 Å². The highest BCUT2D eigenvalue weighted by molar-refractivity contribution is 6.31. The van der Waals surface area contributed by atoms with E-state index < -0.39 is 17.3 Å². The number of hydrogen-bond acceptors (Lipinski definition) is 1. The number of nitrogens with two attached hydrogens (primary N) is 1. The summed E-state index contributed by atoms with van der Waals surface area (Å²) in [4.78, 5) is 0. The minimum Gasteiger partial charge on any atom is -0.382 e. The Morgan fingerprint density at radius 2 is 1.92 bits per heavy atom. The first-order chi connectivity index (χ1) is 5.96. The van der Waals surface area contributed by atoms with E-state index in [2.05, 4.69) is 0 Å². The molecule has 0 amide bonds. The maximum atomic E-state index is 13.1. The highest BCUT2D eigenvalue weighted by Crippen LogP contribution is 2.32. The Morgan fingerprint density at radius 1 is 1.38 bits per heavy atom. The fourth-order valence-electron chi connectivity index (χ4n) is 0.861. The Morgan fingerprint density at radius 3 is 2.38 bits per heavy atom. The van der Waals surface area contributed by atoms with Crippen molar-refractivity contribution in [1.82, 2.24) is 0 Å². The lowest BCUT2D eigenvalue weighted by Crippen LogP contribution is -2.32. The minimum absolute atomic E-state index is 0.0947. The molecule has 70 valence electrons. The van der Waals surface area contributed by atoms with E-state index in [-0.39, 0.29) is 5.02 Å². The van der Waals surface area contributed by atoms with Gasteiger partial charge in [-0.1, -0.05) is 29.8 Å². The first-order valence-corrected chi connectivity index (χ1v) is 3.81. The minimum atomic E-state index is -3.49. The van der Waals surface area contributed by atoms with Gasteiger partial charge in [0.2, 0.25) is 0 Å². The molecule has 0 atom stereocenters. The average Bonchev–Trinajstić information content (AvgIpc) is 2.04. The van der Waals surface area contributed by atoms with E-state index in [1.807, 2.05) is 0 Å². The molecule has 3 N–H and O–H groups in total. The molecule has 0 bridgehead atoms. The number of benzene rings is 1. The second kappa shape index (κ2) is 3.30. The molecule has 0 radical (unpaired) electrons. The zero-order valence-electron chi connectivity index (χ0n) is 6.52. The van der Waals surface area contributed by atoms with E-state index in [0.717, 1.165) is 6.07 Å². The monoisotopic (exact) mass is 204 g/mol. The average molecular weight is 205 g/mol. The normalized spacial score (nSPS) is 11.3. The van der Waals surface area contributed by atoms with Crippen LogP contribution in [0.3, 0.4) is 0 Å². The van der Waals surface area contributed by atoms with E-state index in [0.29, 0.717) is 0 Å². The van der Waals surface area contributed by atoms with Gasteiger partial charge in [0, 0.05) is 5.56 Å². The zero-order valence-corrected chi connectivity index (χ0v) is 7.28. The lowest BCUT2D eigenvalue weighted by atomic mass is 10.1. The van der Waals surface area contributed by atoms with Gasteiger partial charge >= 0.3 is 5.92 Å². The largest absolute Gasteiger partial charge is 0.382 e. The van der Waals surface area contributed by atoms with Gasteiger partial charge in [0.25, 0.3) is 0 Å². The third-order valence-electron chi connectivity index (χ3n) is 1.55. The fourth-order valence-corrected chi connectivity index (χ4v) is 1.12. The highest BCUT2D eigenvalue weighted by Gasteiger charge is 2.37. The Kier molecular flexibility index (Phi) is 2.52. The van der Waals surface area contributed by atoms with Crippen LogP contribution in [-0.4, -0.2) is 5.84 Å². The molecule has 0 saturated carbocycles. The number of nitrogens with one attached hydrogen (secondary N) is 1. The molecule has 0 aromatic heterocycles. The van der Waals surface area contributed by atoms with Crippen molar-refractivity contribution in [2.45, 2.75) is 5.92 Å². The molecule has 0 fully saturated rings. The van der Waals surface area contributed by atoms with Crippen molar-refractivity contribution < 1.29 is 8.78 Å². The zero-order chi connectivity index (χ0) is 10.1. The quantitative estimate of drug-likeness (QED) is 0.564. The van der Waals surface area contributed by atoms with E-state index in [9.17, 15) is 8.78 Å². The van der Waals surface area contributed by atoms with Crippen molar-refractivity contribution in [3.63, 3.8) is 0 Å². The summed E-state index contributed by atoms with van der Waals surface area (Å²) < 4.78 is 26.2. The van der Waals surface area contributed by atoms with Crippen molar-refractivity contribution in [2.75, 3.05) is 0 Å². The van der Waals surface area contributed by atoms with Crippen molar-refractivity contribution in [2.24, 2.45) is 5.73 Å². The van der Waals surface area contributed by atoms with Crippen LogP contribution in [0.2, 0.25) is 5.02 Å². The molecule has 5 heteroatoms. The Labute approximate surface area is 78.8 Å². The molecule has 0 aliphatic heterocycles. The maximum absolute atomic E-state index is 13.1. The molecule has 1 aromatic rings. The number of amidine groups is 1. The summed E-state index contributed by atoms with van der Waals surface area (Å²) in [5.74, 6) is -4.70. The van der Waals surface area contributed by atoms with Gasteiger partial charge in [-0.3, -0.25) is 5.41 Å². The molecular formula is C8H7ClF2N2. The van der Waals surface area contributed by atoms with Crippen molar-refractivity contribution >= 4 is 17.4 Å². The summed E-state index contributed by atoms with van der Waals surface area (Å²) in [5.41, 5.74) is 4.31. The van der Waals surface area contributed by atoms with Gasteiger partial charge in [0.15, 0.2) is 5.84 Å². The molecular weight excluding hydrogens is 198 g/mol. The SMILES string of the molecule is N=C(N)C(F)(F)c1ccccc1Cl. The van der Waals surface area contributed by atoms with Crippen LogP contribution < -0.4 is 5.73 Å². The molecule has 0 spiro atoms. The predicted octanol–water partition coefficient (Wildman–Crippen LogP) is 2.37. The van der Waals surface area contributed by atoms with Crippen LogP contribution in [0.5, 0.6) is 0 Å². The summed E-state index contributed by atoms with van der Waals surface area (Å²) in [6.07, 6.45) is 0. The molecule has 0 aliphatic carbocycles. The Bertz CT molecular complexity index is 339. The molecule has 0 unspecified atom stereocenters. The van der Waals surface area contributed by atoms with E-state index in [4.69, 9.17) is 22.7 Å². The van der Waals surface area contributed by atoms with E-state index in [1.165, 1.54) is 18.2 Å². The Balaban J connectivity index is 3.22. The van der Waals surface area contributed by atoms with Gasteiger partial charge in [-0.25, -0.2) is 0 Å². The van der Waals surface area contributed by atoms with Crippen molar-refractivity contribution in [3.8, 4) is 0 Å². The highest BCUT2D eigenvalue weighted by atomic mass is 35.5. The first-order valence-electron chi connectivity index (χ1n) is 3.43. The van der Waals surface area contributed by atoms with Crippen LogP contribution in [0, 0.1) is 5.41 Å². The lowest BCUT2D eigenvalue weighted by Gasteiger charge is -2.15. The summed E-state index contributed by atoms with van der Waals surface area (Å²) >= 11 is 5.52. The first kappa shape index (κ1) is 9.92. The molecule has 13 heavy (non-hydrogen) atoms. The van der Waals surface area contributed by atoms with Crippen molar-refractivity contribution in [3.05, 3.63) is 34.9 Å². The topological polar surface area (TPSA) is 49.9 Å². The van der Waals surface area contributed by atoms with Gasteiger partial charge < -0.3 is 5.73 Å². The van der Waals surface area contributed by atoms with Crippen LogP contribution in [-0.2, 0) is 5.92 Å². The van der Waals surface area contributed by atoms with Gasteiger partial charge in [0.05, 0.1) is 5.02 Å². The standard InChI is InChI=1S/C8H7ClF2N2/c9-6-4-2-1-3-5(6)8(10,11)7(12)13/h1-4H,(H3,12,13). The van der Waals surface area contributed by atoms with Crippen LogP contribution in [0.1, 0.15) is 5.56 Å². The lowest BCUT2D eigenvalue weighted by molar-refractivity contribution is 0.0736. The van der Waals surface area contributed by atoms with Crippen LogP contribution in [0.25, 0.3) is 0 Å². The third kappa shape index (κ3) is 1.78. The molecule has 0 heterocycles. The number of alkyl halides is 2. The van der Waals surface area contributed by atoms with Crippen LogP contribution >= 0.6 is 11.6 Å². The molecule has 1 rings (SSSR count). The summed E-state index contributed by atoms with van der Waals surface area (Å²) in [7, 11) is 0. The third-order valence-corrected chi connectivity index (χ3v) is 1.88. The van der Waals surface area contributed by atoms with Crippen LogP contribution in [0.4, 0.5) is 8.78 Å². The Hall–Kier alpha value is -1.16. The summed E-state index contributed by atoms with van der Waals surface area (Å²) in [5, 5.41) is 6.61. The second-order valence-electron chi connectivity index (χ2n) is 2.47. The van der Waals surface area contributed by atoms with Gasteiger partial charge in [-0.05, 0) is 6.07 Å². The number of hydrogen-bond donors (Lipinski definition) is 2. The molecule has 2 nitrogen and oxygen atoms in total. The predicted molar refractivity (Wildman–Crippen MR) is 47.3 cm³/mol. The smallest absolute Gasteiger partial charge is 0.330 e. The second-order valence-corrected chi connectivity index (χ2v) is 2.88. The summed E-state index contributed by atoms with van der Waals surface area (Å²) in [6.45, 7) is 0. The number of rotatable bonds is 2. The molecule has 0 saturated heterocycles. The maximum Gasteiger partial charge on any atom is 0.330 e. The van der Waals surface area contributed by atoms with Gasteiger partial charge in [0.1, 0.15) is 0 Å². The number of halogens is 3. The van der Waals surface area contributed by atoms with Gasteiger partial charge in [-0.15, -0.1) is 0 Å².